The van der Waals surface area contributed by atoms with Gasteiger partial charge in [0.25, 0.3) is 10.0 Å². The number of hydrogen-bond acceptors (Lipinski definition) is 2. The van der Waals surface area contributed by atoms with Crippen molar-refractivity contribution in [2.45, 2.75) is 18.7 Å². The molecule has 3 rings (SSSR count). The lowest BCUT2D eigenvalue weighted by molar-refractivity contribution is 0.589. The Labute approximate surface area is 132 Å². The summed E-state index contributed by atoms with van der Waals surface area (Å²) in [5, 5.41) is 0.931. The highest BCUT2D eigenvalue weighted by atomic mass is 79.9. The number of aromatic nitrogens is 1. The molecule has 1 heterocycles. The van der Waals surface area contributed by atoms with Gasteiger partial charge in [-0.15, -0.1) is 0 Å². The van der Waals surface area contributed by atoms with Crippen LogP contribution in [-0.2, 0) is 10.0 Å². The van der Waals surface area contributed by atoms with Gasteiger partial charge in [-0.25, -0.2) is 12.4 Å². The average molecular weight is 364 g/mol. The van der Waals surface area contributed by atoms with Crippen LogP contribution in [0.3, 0.4) is 0 Å². The van der Waals surface area contributed by atoms with E-state index in [1.807, 2.05) is 32.0 Å². The van der Waals surface area contributed by atoms with Crippen LogP contribution in [0.2, 0.25) is 0 Å². The second kappa shape index (κ2) is 5.00. The second-order valence-corrected chi connectivity index (χ2v) is 7.73. The third-order valence-corrected chi connectivity index (χ3v) is 5.89. The lowest BCUT2D eigenvalue weighted by Crippen LogP contribution is -2.12. The third kappa shape index (κ3) is 2.30. The number of halogens is 1. The molecule has 1 aromatic heterocycles. The largest absolute Gasteiger partial charge is 0.268 e. The van der Waals surface area contributed by atoms with Gasteiger partial charge in [0.05, 0.1) is 10.4 Å². The Morgan fingerprint density at radius 1 is 0.952 bits per heavy atom. The molecule has 5 heteroatoms. The fourth-order valence-electron chi connectivity index (χ4n) is 2.36. The van der Waals surface area contributed by atoms with Crippen LogP contribution in [0.5, 0.6) is 0 Å². The highest BCUT2D eigenvalue weighted by Gasteiger charge is 2.20. The van der Waals surface area contributed by atoms with E-state index in [9.17, 15) is 8.42 Å². The van der Waals surface area contributed by atoms with Crippen molar-refractivity contribution in [2.75, 3.05) is 0 Å². The summed E-state index contributed by atoms with van der Waals surface area (Å²) in [5.74, 6) is 0. The molecular weight excluding hydrogens is 350 g/mol. The minimum absolute atomic E-state index is 0.291. The van der Waals surface area contributed by atoms with Crippen LogP contribution in [-0.4, -0.2) is 12.4 Å². The Kier molecular flexibility index (Phi) is 3.42. The van der Waals surface area contributed by atoms with Gasteiger partial charge in [0.2, 0.25) is 0 Å². The van der Waals surface area contributed by atoms with Crippen molar-refractivity contribution < 1.29 is 8.42 Å². The zero-order valence-electron chi connectivity index (χ0n) is 11.7. The predicted octanol–water partition coefficient (Wildman–Crippen LogP) is 4.26. The van der Waals surface area contributed by atoms with Gasteiger partial charge >= 0.3 is 0 Å². The van der Waals surface area contributed by atoms with Gasteiger partial charge in [-0.05, 0) is 59.6 Å². The van der Waals surface area contributed by atoms with Crippen LogP contribution >= 0.6 is 15.9 Å². The summed E-state index contributed by atoms with van der Waals surface area (Å²) in [6.07, 6.45) is 1.61. The predicted molar refractivity (Wildman–Crippen MR) is 88.1 cm³/mol. The van der Waals surface area contributed by atoms with Gasteiger partial charge in [0.15, 0.2) is 0 Å². The number of rotatable bonds is 2. The number of nitrogens with zero attached hydrogens (tertiary/aromatic N) is 1. The van der Waals surface area contributed by atoms with E-state index >= 15 is 0 Å². The molecular formula is C16H14BrNO2S. The molecule has 0 unspecified atom stereocenters. The van der Waals surface area contributed by atoms with E-state index in [0.717, 1.165) is 21.0 Å². The Morgan fingerprint density at radius 2 is 1.62 bits per heavy atom. The zero-order valence-corrected chi connectivity index (χ0v) is 14.1. The van der Waals surface area contributed by atoms with Crippen LogP contribution in [0.1, 0.15) is 11.1 Å². The lowest BCUT2D eigenvalue weighted by Gasteiger charge is -2.09. The first-order valence-corrected chi connectivity index (χ1v) is 8.73. The summed E-state index contributed by atoms with van der Waals surface area (Å²) in [7, 11) is -3.59. The standard InChI is InChI=1S/C16H14BrNO2S/c1-11-3-6-13(7-4-11)21(19,20)18-10-9-14-12(2)5-8-15(17)16(14)18/h3-10H,1-2H3. The molecule has 3 nitrogen and oxygen atoms in total. The summed E-state index contributed by atoms with van der Waals surface area (Å²) in [5.41, 5.74) is 2.75. The maximum Gasteiger partial charge on any atom is 0.268 e. The van der Waals surface area contributed by atoms with Gasteiger partial charge in [0.1, 0.15) is 0 Å². The fraction of sp³-hybridized carbons (Fsp3) is 0.125. The van der Waals surface area contributed by atoms with Crippen molar-refractivity contribution in [3.63, 3.8) is 0 Å². The summed E-state index contributed by atoms with van der Waals surface area (Å²) < 4.78 is 27.8. The van der Waals surface area contributed by atoms with Crippen LogP contribution in [0.4, 0.5) is 0 Å². The lowest BCUT2D eigenvalue weighted by atomic mass is 10.1. The van der Waals surface area contributed by atoms with Crippen LogP contribution < -0.4 is 0 Å². The molecule has 0 amide bonds. The van der Waals surface area contributed by atoms with Gasteiger partial charge < -0.3 is 0 Å². The molecule has 0 aliphatic rings. The summed E-state index contributed by atoms with van der Waals surface area (Å²) in [6.45, 7) is 3.90. The monoisotopic (exact) mass is 363 g/mol. The van der Waals surface area contributed by atoms with Crippen molar-refractivity contribution in [1.29, 1.82) is 0 Å². The van der Waals surface area contributed by atoms with E-state index < -0.39 is 10.0 Å². The molecule has 108 valence electrons. The highest BCUT2D eigenvalue weighted by Crippen LogP contribution is 2.30. The Hall–Kier alpha value is -1.59. The minimum atomic E-state index is -3.59. The van der Waals surface area contributed by atoms with Gasteiger partial charge in [-0.2, -0.15) is 0 Å². The van der Waals surface area contributed by atoms with E-state index in [0.29, 0.717) is 10.4 Å². The van der Waals surface area contributed by atoms with Gasteiger partial charge in [0, 0.05) is 16.1 Å². The fourth-order valence-corrected chi connectivity index (χ4v) is 4.38. The molecule has 0 aliphatic carbocycles. The quantitative estimate of drug-likeness (QED) is 0.682. The SMILES string of the molecule is Cc1ccc(S(=O)(=O)n2ccc3c(C)ccc(Br)c32)cc1. The zero-order chi connectivity index (χ0) is 15.2. The molecule has 0 saturated heterocycles. The number of aryl methyl sites for hydroxylation is 2. The van der Waals surface area contributed by atoms with E-state index in [1.54, 1.807) is 30.5 Å². The van der Waals surface area contributed by atoms with Crippen LogP contribution in [0, 0.1) is 13.8 Å². The van der Waals surface area contributed by atoms with Crippen molar-refractivity contribution in [3.8, 4) is 0 Å². The molecule has 3 aromatic rings. The maximum atomic E-state index is 12.8. The van der Waals surface area contributed by atoms with Crippen molar-refractivity contribution in [1.82, 2.24) is 3.97 Å². The topological polar surface area (TPSA) is 39.1 Å². The summed E-state index contributed by atoms with van der Waals surface area (Å²) in [4.78, 5) is 0.291. The van der Waals surface area contributed by atoms with E-state index in [-0.39, 0.29) is 0 Å². The number of benzene rings is 2. The minimum Gasteiger partial charge on any atom is -0.240 e. The third-order valence-electron chi connectivity index (χ3n) is 3.56. The molecule has 0 spiro atoms. The highest BCUT2D eigenvalue weighted by molar-refractivity contribution is 9.10. The molecule has 0 N–H and O–H groups in total. The molecule has 0 radical (unpaired) electrons. The molecule has 2 aromatic carbocycles. The number of hydrogen-bond donors (Lipinski definition) is 0. The van der Waals surface area contributed by atoms with Crippen LogP contribution in [0.25, 0.3) is 10.9 Å². The maximum absolute atomic E-state index is 12.8. The molecule has 0 atom stereocenters. The first kappa shape index (κ1) is 14.4. The first-order valence-electron chi connectivity index (χ1n) is 6.49. The second-order valence-electron chi connectivity index (χ2n) is 5.06. The smallest absolute Gasteiger partial charge is 0.240 e. The Balaban J connectivity index is 2.29. The Morgan fingerprint density at radius 3 is 2.29 bits per heavy atom. The van der Waals surface area contributed by atoms with Crippen molar-refractivity contribution >= 4 is 36.9 Å². The number of fused-ring (bicyclic) bond motifs is 1. The molecule has 21 heavy (non-hydrogen) atoms. The summed E-state index contributed by atoms with van der Waals surface area (Å²) >= 11 is 3.45. The van der Waals surface area contributed by atoms with Crippen molar-refractivity contribution in [3.05, 3.63) is 64.3 Å². The van der Waals surface area contributed by atoms with Crippen molar-refractivity contribution in [2.24, 2.45) is 0 Å². The molecule has 0 bridgehead atoms. The summed E-state index contributed by atoms with van der Waals surface area (Å²) in [6, 6.07) is 12.6. The van der Waals surface area contributed by atoms with E-state index in [4.69, 9.17) is 0 Å². The van der Waals surface area contributed by atoms with Gasteiger partial charge in [-0.1, -0.05) is 23.8 Å². The molecule has 0 aliphatic heterocycles. The van der Waals surface area contributed by atoms with E-state index in [1.165, 1.54) is 3.97 Å². The van der Waals surface area contributed by atoms with E-state index in [2.05, 4.69) is 15.9 Å². The normalized spacial score (nSPS) is 12.0. The first-order chi connectivity index (χ1) is 9.91. The Bertz CT molecular complexity index is 925. The van der Waals surface area contributed by atoms with Crippen LogP contribution in [0.15, 0.2) is 58.0 Å². The average Bonchev–Trinajstić information content (AvgIpc) is 2.90. The molecule has 0 fully saturated rings. The van der Waals surface area contributed by atoms with Gasteiger partial charge in [-0.3, -0.25) is 0 Å². The molecule has 0 saturated carbocycles.